The van der Waals surface area contributed by atoms with Crippen LogP contribution in [-0.4, -0.2) is 30.5 Å². The topological polar surface area (TPSA) is 85.6 Å². The summed E-state index contributed by atoms with van der Waals surface area (Å²) in [6.07, 6.45) is 3.31. The van der Waals surface area contributed by atoms with E-state index in [0.29, 0.717) is 11.1 Å². The molecule has 6 nitrogen and oxygen atoms in total. The van der Waals surface area contributed by atoms with Crippen LogP contribution in [-0.2, 0) is 9.53 Å². The maximum atomic E-state index is 12.7. The molecule has 0 radical (unpaired) electrons. The van der Waals surface area contributed by atoms with E-state index in [1.54, 1.807) is 60.3 Å². The molecule has 0 saturated heterocycles. The molecule has 29 heavy (non-hydrogen) atoms. The first-order valence-corrected chi connectivity index (χ1v) is 10.0. The van der Waals surface area contributed by atoms with Gasteiger partial charge < -0.3 is 14.5 Å². The summed E-state index contributed by atoms with van der Waals surface area (Å²) < 4.78 is 10.3. The van der Waals surface area contributed by atoms with Crippen molar-refractivity contribution in [2.24, 2.45) is 0 Å². The summed E-state index contributed by atoms with van der Waals surface area (Å²) in [5, 5.41) is 2.59. The largest absolute Gasteiger partial charge is 0.459 e. The third-order valence-electron chi connectivity index (χ3n) is 4.15. The number of carbonyl (C=O) groups is 3. The normalized spacial score (nSPS) is 11.5. The fraction of sp³-hybridized carbons (Fsp3) is 0.136. The number of esters is 1. The third-order valence-corrected chi connectivity index (χ3v) is 4.89. The van der Waals surface area contributed by atoms with Crippen LogP contribution >= 0.6 is 11.8 Å². The number of benzene rings is 2. The highest BCUT2D eigenvalue weighted by atomic mass is 32.2. The van der Waals surface area contributed by atoms with Gasteiger partial charge in [-0.2, -0.15) is 0 Å². The summed E-state index contributed by atoms with van der Waals surface area (Å²) in [6, 6.07) is 17.7. The van der Waals surface area contributed by atoms with Crippen LogP contribution in [0, 0.1) is 0 Å². The maximum Gasteiger partial charge on any atom is 0.333 e. The van der Waals surface area contributed by atoms with Crippen LogP contribution in [0.2, 0.25) is 0 Å². The van der Waals surface area contributed by atoms with Gasteiger partial charge in [-0.15, -0.1) is 11.8 Å². The van der Waals surface area contributed by atoms with Crippen LogP contribution < -0.4 is 5.32 Å². The molecule has 1 heterocycles. The molecule has 3 aromatic rings. The summed E-state index contributed by atoms with van der Waals surface area (Å²) in [5.74, 6) is -1.54. The van der Waals surface area contributed by atoms with E-state index in [1.165, 1.54) is 12.3 Å². The van der Waals surface area contributed by atoms with Crippen molar-refractivity contribution in [2.45, 2.75) is 10.9 Å². The van der Waals surface area contributed by atoms with Crippen molar-refractivity contribution in [3.8, 4) is 0 Å². The first-order chi connectivity index (χ1) is 14.1. The van der Waals surface area contributed by atoms with Gasteiger partial charge in [0.15, 0.2) is 24.2 Å². The number of furan rings is 1. The van der Waals surface area contributed by atoms with Gasteiger partial charge in [0.2, 0.25) is 0 Å². The number of thioether (sulfide) groups is 1. The minimum Gasteiger partial charge on any atom is -0.459 e. The molecular formula is C22H19NO5S. The fourth-order valence-electron chi connectivity index (χ4n) is 2.61. The van der Waals surface area contributed by atoms with Crippen LogP contribution in [0.25, 0.3) is 0 Å². The Bertz CT molecular complexity index is 968. The highest BCUT2D eigenvalue weighted by Gasteiger charge is 2.26. The lowest BCUT2D eigenvalue weighted by Gasteiger charge is -2.17. The van der Waals surface area contributed by atoms with Gasteiger partial charge in [0.05, 0.1) is 6.26 Å². The highest BCUT2D eigenvalue weighted by Crippen LogP contribution is 2.17. The summed E-state index contributed by atoms with van der Waals surface area (Å²) in [4.78, 5) is 38.4. The summed E-state index contributed by atoms with van der Waals surface area (Å²) >= 11 is 1.57. The smallest absolute Gasteiger partial charge is 0.333 e. The lowest BCUT2D eigenvalue weighted by Crippen LogP contribution is -2.35. The van der Waals surface area contributed by atoms with E-state index in [1.807, 2.05) is 18.4 Å². The lowest BCUT2D eigenvalue weighted by molar-refractivity contribution is -0.145. The molecule has 1 atom stereocenters. The Labute approximate surface area is 172 Å². The van der Waals surface area contributed by atoms with Gasteiger partial charge in [0.25, 0.3) is 5.91 Å². The van der Waals surface area contributed by atoms with Crippen molar-refractivity contribution >= 4 is 29.4 Å². The SMILES string of the molecule is CSc1ccc(C(=O)COC(=O)C(NC(=O)c2ccco2)c2ccccc2)cc1. The molecule has 1 amide bonds. The Morgan fingerprint density at radius 2 is 1.72 bits per heavy atom. The minimum atomic E-state index is -1.07. The average molecular weight is 409 g/mol. The summed E-state index contributed by atoms with van der Waals surface area (Å²) in [7, 11) is 0. The van der Waals surface area contributed by atoms with Crippen LogP contribution in [0.1, 0.15) is 32.5 Å². The molecule has 0 fully saturated rings. The van der Waals surface area contributed by atoms with Gasteiger partial charge in [-0.3, -0.25) is 9.59 Å². The second-order valence-corrected chi connectivity index (χ2v) is 6.93. The standard InChI is InChI=1S/C22H19NO5S/c1-29-17-11-9-15(10-12-17)18(24)14-28-22(26)20(16-6-3-2-4-7-16)23-21(25)19-8-5-13-27-19/h2-13,20H,14H2,1H3,(H,23,25). The number of carbonyl (C=O) groups excluding carboxylic acids is 3. The van der Waals surface area contributed by atoms with Gasteiger partial charge in [-0.05, 0) is 36.1 Å². The van der Waals surface area contributed by atoms with Crippen molar-refractivity contribution in [1.29, 1.82) is 0 Å². The van der Waals surface area contributed by atoms with Gasteiger partial charge >= 0.3 is 5.97 Å². The van der Waals surface area contributed by atoms with E-state index in [4.69, 9.17) is 9.15 Å². The van der Waals surface area contributed by atoms with Gasteiger partial charge in [-0.1, -0.05) is 42.5 Å². The Hall–Kier alpha value is -3.32. The molecule has 1 aromatic heterocycles. The quantitative estimate of drug-likeness (QED) is 0.345. The Balaban J connectivity index is 1.69. The predicted octanol–water partition coefficient (Wildman–Crippen LogP) is 3.90. The fourth-order valence-corrected chi connectivity index (χ4v) is 3.02. The number of nitrogens with one attached hydrogen (secondary N) is 1. The molecule has 0 bridgehead atoms. The second-order valence-electron chi connectivity index (χ2n) is 6.05. The van der Waals surface area contributed by atoms with Crippen molar-refractivity contribution < 1.29 is 23.5 Å². The number of rotatable bonds is 8. The monoisotopic (exact) mass is 409 g/mol. The Kier molecular flexibility index (Phi) is 6.86. The number of ketones is 1. The summed E-state index contributed by atoms with van der Waals surface area (Å²) in [6.45, 7) is -0.419. The van der Waals surface area contributed by atoms with Crippen LogP contribution in [0.3, 0.4) is 0 Å². The second kappa shape index (κ2) is 9.75. The van der Waals surface area contributed by atoms with Gasteiger partial charge in [0.1, 0.15) is 0 Å². The van der Waals surface area contributed by atoms with E-state index in [-0.39, 0.29) is 11.5 Å². The molecule has 1 unspecified atom stereocenters. The van der Waals surface area contributed by atoms with Crippen molar-refractivity contribution in [2.75, 3.05) is 12.9 Å². The van der Waals surface area contributed by atoms with Crippen molar-refractivity contribution in [1.82, 2.24) is 5.32 Å². The number of Topliss-reactive ketones (excluding diaryl/α,β-unsaturated/α-hetero) is 1. The third kappa shape index (κ3) is 5.36. The number of amides is 1. The first kappa shape index (κ1) is 20.4. The lowest BCUT2D eigenvalue weighted by atomic mass is 10.1. The van der Waals surface area contributed by atoms with Crippen molar-refractivity contribution in [3.63, 3.8) is 0 Å². The zero-order chi connectivity index (χ0) is 20.6. The molecule has 0 spiro atoms. The number of hydrogen-bond donors (Lipinski definition) is 1. The predicted molar refractivity (Wildman–Crippen MR) is 109 cm³/mol. The zero-order valence-corrected chi connectivity index (χ0v) is 16.5. The van der Waals surface area contributed by atoms with Crippen molar-refractivity contribution in [3.05, 3.63) is 89.9 Å². The van der Waals surface area contributed by atoms with E-state index in [9.17, 15) is 14.4 Å². The van der Waals surface area contributed by atoms with Crippen LogP contribution in [0.4, 0.5) is 0 Å². The molecule has 1 N–H and O–H groups in total. The minimum absolute atomic E-state index is 0.0729. The molecule has 0 aliphatic heterocycles. The molecule has 7 heteroatoms. The van der Waals surface area contributed by atoms with E-state index in [0.717, 1.165) is 4.90 Å². The Morgan fingerprint density at radius 1 is 1.00 bits per heavy atom. The van der Waals surface area contributed by atoms with E-state index in [2.05, 4.69) is 5.32 Å². The maximum absolute atomic E-state index is 12.7. The number of hydrogen-bond acceptors (Lipinski definition) is 6. The Morgan fingerprint density at radius 3 is 2.34 bits per heavy atom. The molecule has 0 aliphatic carbocycles. The molecule has 148 valence electrons. The van der Waals surface area contributed by atoms with Gasteiger partial charge in [0, 0.05) is 10.5 Å². The average Bonchev–Trinajstić information content (AvgIpc) is 3.31. The molecule has 2 aromatic carbocycles. The van der Waals surface area contributed by atoms with E-state index >= 15 is 0 Å². The molecular weight excluding hydrogens is 390 g/mol. The highest BCUT2D eigenvalue weighted by molar-refractivity contribution is 7.98. The van der Waals surface area contributed by atoms with E-state index < -0.39 is 24.5 Å². The zero-order valence-electron chi connectivity index (χ0n) is 15.7. The van der Waals surface area contributed by atoms with Crippen LogP contribution in [0.5, 0.6) is 0 Å². The van der Waals surface area contributed by atoms with Crippen LogP contribution in [0.15, 0.2) is 82.3 Å². The van der Waals surface area contributed by atoms with Gasteiger partial charge in [-0.25, -0.2) is 4.79 Å². The first-order valence-electron chi connectivity index (χ1n) is 8.81. The number of ether oxygens (including phenoxy) is 1. The summed E-state index contributed by atoms with van der Waals surface area (Å²) in [5.41, 5.74) is 0.987. The molecule has 0 aliphatic rings. The molecule has 3 rings (SSSR count). The molecule has 0 saturated carbocycles.